The van der Waals surface area contributed by atoms with Crippen molar-refractivity contribution in [2.75, 3.05) is 31.1 Å². The second kappa shape index (κ2) is 5.11. The van der Waals surface area contributed by atoms with Crippen LogP contribution in [0.2, 0.25) is 0 Å². The van der Waals surface area contributed by atoms with Crippen LogP contribution in [-0.4, -0.2) is 48.1 Å². The molecule has 0 aromatic heterocycles. The summed E-state index contributed by atoms with van der Waals surface area (Å²) < 4.78 is 13.3. The first-order chi connectivity index (χ1) is 10.0. The molecule has 112 valence electrons. The summed E-state index contributed by atoms with van der Waals surface area (Å²) in [5.74, 6) is -0.716. The first-order valence-electron chi connectivity index (χ1n) is 6.98. The molecule has 1 spiro atoms. The molecule has 2 heterocycles. The van der Waals surface area contributed by atoms with Crippen LogP contribution in [-0.2, 0) is 9.59 Å². The molecular formula is C15H17FN2O3. The van der Waals surface area contributed by atoms with Crippen LogP contribution in [0.1, 0.15) is 12.8 Å². The van der Waals surface area contributed by atoms with Gasteiger partial charge in [-0.15, -0.1) is 0 Å². The minimum Gasteiger partial charge on any atom is -0.387 e. The SMILES string of the molecule is O=C(CO)N1CC[C@@]2(CC(=O)N(c3cccc(F)c3)C2)C1. The Balaban J connectivity index is 1.78. The van der Waals surface area contributed by atoms with Crippen LogP contribution in [0.4, 0.5) is 10.1 Å². The Labute approximate surface area is 122 Å². The summed E-state index contributed by atoms with van der Waals surface area (Å²) in [6, 6.07) is 5.99. The number of hydrogen-bond acceptors (Lipinski definition) is 3. The standard InChI is InChI=1S/C15H17FN2O3/c16-11-2-1-3-12(6-11)18-10-15(7-13(18)20)4-5-17(9-15)14(21)8-19/h1-3,6,19H,4-5,7-10H2/t15-/m1/s1. The highest BCUT2D eigenvalue weighted by molar-refractivity contribution is 5.96. The van der Waals surface area contributed by atoms with Crippen LogP contribution in [0.5, 0.6) is 0 Å². The molecular weight excluding hydrogens is 275 g/mol. The summed E-state index contributed by atoms with van der Waals surface area (Å²) in [7, 11) is 0. The van der Waals surface area contributed by atoms with Crippen molar-refractivity contribution in [1.82, 2.24) is 4.90 Å². The van der Waals surface area contributed by atoms with Gasteiger partial charge in [0.25, 0.3) is 0 Å². The molecule has 2 saturated heterocycles. The van der Waals surface area contributed by atoms with Gasteiger partial charge in [-0.2, -0.15) is 0 Å². The highest BCUT2D eigenvalue weighted by Gasteiger charge is 2.48. The highest BCUT2D eigenvalue weighted by Crippen LogP contribution is 2.41. The summed E-state index contributed by atoms with van der Waals surface area (Å²) in [5.41, 5.74) is 0.289. The number of benzene rings is 1. The minimum absolute atomic E-state index is 0.0427. The molecule has 2 fully saturated rings. The second-order valence-electron chi connectivity index (χ2n) is 5.86. The first-order valence-corrected chi connectivity index (χ1v) is 6.98. The number of carbonyl (C=O) groups is 2. The van der Waals surface area contributed by atoms with Gasteiger partial charge in [-0.3, -0.25) is 9.59 Å². The maximum atomic E-state index is 13.3. The third kappa shape index (κ3) is 2.51. The Bertz CT molecular complexity index is 592. The predicted molar refractivity (Wildman–Crippen MR) is 74.1 cm³/mol. The van der Waals surface area contributed by atoms with E-state index < -0.39 is 6.61 Å². The van der Waals surface area contributed by atoms with Gasteiger partial charge in [0.2, 0.25) is 11.8 Å². The molecule has 0 aliphatic carbocycles. The molecule has 2 aliphatic rings. The zero-order valence-corrected chi connectivity index (χ0v) is 11.6. The summed E-state index contributed by atoms with van der Waals surface area (Å²) in [5, 5.41) is 8.93. The lowest BCUT2D eigenvalue weighted by Crippen LogP contribution is -2.35. The van der Waals surface area contributed by atoms with E-state index in [4.69, 9.17) is 5.11 Å². The largest absolute Gasteiger partial charge is 0.387 e. The molecule has 2 aliphatic heterocycles. The number of likely N-dealkylation sites (tertiary alicyclic amines) is 1. The minimum atomic E-state index is -0.502. The Kier molecular flexibility index (Phi) is 3.41. The number of aliphatic hydroxyl groups is 1. The van der Waals surface area contributed by atoms with Gasteiger partial charge in [-0.1, -0.05) is 6.07 Å². The maximum Gasteiger partial charge on any atom is 0.248 e. The maximum absolute atomic E-state index is 13.3. The topological polar surface area (TPSA) is 60.9 Å². The third-order valence-electron chi connectivity index (χ3n) is 4.37. The lowest BCUT2D eigenvalue weighted by molar-refractivity contribution is -0.133. The van der Waals surface area contributed by atoms with Crippen molar-refractivity contribution in [1.29, 1.82) is 0 Å². The molecule has 1 atom stereocenters. The van der Waals surface area contributed by atoms with E-state index in [1.54, 1.807) is 21.9 Å². The average Bonchev–Trinajstić information content (AvgIpc) is 3.02. The zero-order chi connectivity index (χ0) is 15.0. The molecule has 0 radical (unpaired) electrons. The molecule has 21 heavy (non-hydrogen) atoms. The van der Waals surface area contributed by atoms with Crippen LogP contribution in [0.25, 0.3) is 0 Å². The summed E-state index contributed by atoms with van der Waals surface area (Å²) >= 11 is 0. The van der Waals surface area contributed by atoms with Gasteiger partial charge in [-0.25, -0.2) is 4.39 Å². The van der Waals surface area contributed by atoms with Crippen molar-refractivity contribution in [3.05, 3.63) is 30.1 Å². The van der Waals surface area contributed by atoms with E-state index in [9.17, 15) is 14.0 Å². The molecule has 0 saturated carbocycles. The molecule has 3 rings (SSSR count). The van der Waals surface area contributed by atoms with Crippen LogP contribution in [0, 0.1) is 11.2 Å². The fourth-order valence-electron chi connectivity index (χ4n) is 3.30. The number of carbonyl (C=O) groups excluding carboxylic acids is 2. The fourth-order valence-corrected chi connectivity index (χ4v) is 3.30. The Morgan fingerprint density at radius 3 is 2.90 bits per heavy atom. The number of halogens is 1. The van der Waals surface area contributed by atoms with Gasteiger partial charge in [0, 0.05) is 37.2 Å². The number of rotatable bonds is 2. The highest BCUT2D eigenvalue weighted by atomic mass is 19.1. The monoisotopic (exact) mass is 292 g/mol. The van der Waals surface area contributed by atoms with Crippen LogP contribution in [0.15, 0.2) is 24.3 Å². The van der Waals surface area contributed by atoms with Gasteiger partial charge < -0.3 is 14.9 Å². The lowest BCUT2D eigenvalue weighted by atomic mass is 9.86. The van der Waals surface area contributed by atoms with Gasteiger partial charge in [0.05, 0.1) is 0 Å². The van der Waals surface area contributed by atoms with E-state index >= 15 is 0 Å². The predicted octanol–water partition coefficient (Wildman–Crippen LogP) is 0.773. The second-order valence-corrected chi connectivity index (χ2v) is 5.86. The lowest BCUT2D eigenvalue weighted by Gasteiger charge is -2.24. The summed E-state index contributed by atoms with van der Waals surface area (Å²) in [4.78, 5) is 27.0. The van der Waals surface area contributed by atoms with Crippen molar-refractivity contribution in [3.63, 3.8) is 0 Å². The average molecular weight is 292 g/mol. The van der Waals surface area contributed by atoms with E-state index in [1.165, 1.54) is 12.1 Å². The number of hydrogen-bond donors (Lipinski definition) is 1. The first kappa shape index (κ1) is 14.0. The molecule has 0 unspecified atom stereocenters. The van der Waals surface area contributed by atoms with Crippen molar-refractivity contribution >= 4 is 17.5 Å². The van der Waals surface area contributed by atoms with E-state index in [2.05, 4.69) is 0 Å². The number of aliphatic hydroxyl groups excluding tert-OH is 1. The van der Waals surface area contributed by atoms with E-state index in [1.807, 2.05) is 0 Å². The molecule has 0 bridgehead atoms. The van der Waals surface area contributed by atoms with Crippen molar-refractivity contribution in [2.24, 2.45) is 5.41 Å². The summed E-state index contributed by atoms with van der Waals surface area (Å²) in [6.45, 7) is 1.02. The molecule has 1 aromatic carbocycles. The Morgan fingerprint density at radius 1 is 1.38 bits per heavy atom. The molecule has 5 nitrogen and oxygen atoms in total. The quantitative estimate of drug-likeness (QED) is 0.876. The van der Waals surface area contributed by atoms with Crippen molar-refractivity contribution in [2.45, 2.75) is 12.8 Å². The fraction of sp³-hybridized carbons (Fsp3) is 0.467. The van der Waals surface area contributed by atoms with Gasteiger partial charge in [0.1, 0.15) is 12.4 Å². The number of amides is 2. The van der Waals surface area contributed by atoms with Crippen LogP contribution >= 0.6 is 0 Å². The number of anilines is 1. The smallest absolute Gasteiger partial charge is 0.248 e. The van der Waals surface area contributed by atoms with Crippen LogP contribution < -0.4 is 4.90 Å². The van der Waals surface area contributed by atoms with E-state index in [-0.39, 0.29) is 23.0 Å². The Hall–Kier alpha value is -1.95. The van der Waals surface area contributed by atoms with E-state index in [0.717, 1.165) is 6.42 Å². The van der Waals surface area contributed by atoms with Gasteiger partial charge in [0.15, 0.2) is 0 Å². The Morgan fingerprint density at radius 2 is 2.19 bits per heavy atom. The molecule has 2 amide bonds. The van der Waals surface area contributed by atoms with E-state index in [0.29, 0.717) is 31.7 Å². The normalized spacial score (nSPS) is 25.1. The van der Waals surface area contributed by atoms with Crippen molar-refractivity contribution < 1.29 is 19.1 Å². The summed E-state index contributed by atoms with van der Waals surface area (Å²) in [6.07, 6.45) is 1.09. The molecule has 6 heteroatoms. The molecule has 1 N–H and O–H groups in total. The zero-order valence-electron chi connectivity index (χ0n) is 11.6. The molecule has 1 aromatic rings. The number of nitrogens with zero attached hydrogens (tertiary/aromatic N) is 2. The van der Waals surface area contributed by atoms with Gasteiger partial charge in [-0.05, 0) is 24.6 Å². The third-order valence-corrected chi connectivity index (χ3v) is 4.37. The van der Waals surface area contributed by atoms with Gasteiger partial charge >= 0.3 is 0 Å². The van der Waals surface area contributed by atoms with Crippen LogP contribution in [0.3, 0.4) is 0 Å². The van der Waals surface area contributed by atoms with Crippen molar-refractivity contribution in [3.8, 4) is 0 Å².